The molecule has 4 aromatic rings. The van der Waals surface area contributed by atoms with Crippen LogP contribution in [0.2, 0.25) is 10.0 Å². The third-order valence-corrected chi connectivity index (χ3v) is 6.86. The molecule has 0 saturated carbocycles. The van der Waals surface area contributed by atoms with E-state index < -0.39 is 0 Å². The number of methoxy groups -OCH3 is 1. The topological polar surface area (TPSA) is 89.7 Å². The number of hydrogen-bond acceptors (Lipinski definition) is 7. The average molecular weight is 553 g/mol. The summed E-state index contributed by atoms with van der Waals surface area (Å²) in [5.74, 6) is 2.47. The maximum atomic E-state index is 13.2. The van der Waals surface area contributed by atoms with Crippen LogP contribution in [0.5, 0.6) is 17.2 Å². The molecule has 1 aromatic heterocycles. The van der Waals surface area contributed by atoms with Gasteiger partial charge in [0.2, 0.25) is 17.6 Å². The van der Waals surface area contributed by atoms with Crippen molar-refractivity contribution in [3.63, 3.8) is 0 Å². The van der Waals surface area contributed by atoms with E-state index in [2.05, 4.69) is 20.4 Å². The lowest BCUT2D eigenvalue weighted by atomic mass is 9.96. The third kappa shape index (κ3) is 6.27. The highest BCUT2D eigenvalue weighted by molar-refractivity contribution is 6.31. The fourth-order valence-corrected chi connectivity index (χ4v) is 4.62. The second kappa shape index (κ2) is 11.9. The molecule has 5 rings (SSSR count). The van der Waals surface area contributed by atoms with Gasteiger partial charge in [-0.05, 0) is 80.5 Å². The van der Waals surface area contributed by atoms with Crippen molar-refractivity contribution in [3.05, 3.63) is 82.7 Å². The molecule has 3 aromatic carbocycles. The molecule has 1 N–H and O–H groups in total. The summed E-state index contributed by atoms with van der Waals surface area (Å²) >= 11 is 12.2. The number of carbonyl (C=O) groups excluding carboxylic acids is 1. The SMILES string of the molecule is COc1ccccc1Oc1ccc(Cl)cc1NC(=O)C1CCN(Cc2nc(-c3ccc(Cl)cc3)no2)CC1. The number of ether oxygens (including phenoxy) is 2. The Hall–Kier alpha value is -3.59. The van der Waals surface area contributed by atoms with Crippen LogP contribution >= 0.6 is 23.2 Å². The highest BCUT2D eigenvalue weighted by Gasteiger charge is 2.27. The molecule has 1 saturated heterocycles. The van der Waals surface area contributed by atoms with Gasteiger partial charge < -0.3 is 19.3 Å². The smallest absolute Gasteiger partial charge is 0.241 e. The van der Waals surface area contributed by atoms with Crippen LogP contribution in [0.15, 0.2) is 71.3 Å². The molecule has 2 heterocycles. The quantitative estimate of drug-likeness (QED) is 0.260. The molecule has 8 nitrogen and oxygen atoms in total. The Morgan fingerprint density at radius 3 is 2.45 bits per heavy atom. The minimum absolute atomic E-state index is 0.0698. The summed E-state index contributed by atoms with van der Waals surface area (Å²) in [5, 5.41) is 8.24. The van der Waals surface area contributed by atoms with Crippen molar-refractivity contribution in [3.8, 4) is 28.6 Å². The van der Waals surface area contributed by atoms with Crippen LogP contribution in [0.1, 0.15) is 18.7 Å². The average Bonchev–Trinajstić information content (AvgIpc) is 3.39. The van der Waals surface area contributed by atoms with Crippen molar-refractivity contribution in [1.29, 1.82) is 0 Å². The van der Waals surface area contributed by atoms with Gasteiger partial charge in [-0.1, -0.05) is 40.5 Å². The number of amides is 1. The lowest BCUT2D eigenvalue weighted by Crippen LogP contribution is -2.37. The number of rotatable bonds is 8. The van der Waals surface area contributed by atoms with E-state index in [-0.39, 0.29) is 11.8 Å². The van der Waals surface area contributed by atoms with E-state index in [0.29, 0.717) is 64.1 Å². The Labute approximate surface area is 230 Å². The maximum absolute atomic E-state index is 13.2. The van der Waals surface area contributed by atoms with Crippen molar-refractivity contribution in [2.24, 2.45) is 5.92 Å². The van der Waals surface area contributed by atoms with Gasteiger partial charge in [-0.3, -0.25) is 9.69 Å². The molecule has 38 heavy (non-hydrogen) atoms. The third-order valence-electron chi connectivity index (χ3n) is 6.38. The largest absolute Gasteiger partial charge is 0.493 e. The summed E-state index contributed by atoms with van der Waals surface area (Å²) in [5.41, 5.74) is 1.35. The first kappa shape index (κ1) is 26.0. The van der Waals surface area contributed by atoms with E-state index in [0.717, 1.165) is 18.7 Å². The lowest BCUT2D eigenvalue weighted by molar-refractivity contribution is -0.121. The monoisotopic (exact) mass is 552 g/mol. The minimum atomic E-state index is -0.142. The highest BCUT2D eigenvalue weighted by Crippen LogP contribution is 2.37. The fourth-order valence-electron chi connectivity index (χ4n) is 4.33. The molecule has 1 amide bonds. The summed E-state index contributed by atoms with van der Waals surface area (Å²) in [6.45, 7) is 1.99. The number of halogens is 2. The van der Waals surface area contributed by atoms with Gasteiger partial charge in [0.05, 0.1) is 19.3 Å². The Balaban J connectivity index is 1.18. The van der Waals surface area contributed by atoms with Gasteiger partial charge in [-0.15, -0.1) is 0 Å². The summed E-state index contributed by atoms with van der Waals surface area (Å²) in [6, 6.07) is 19.8. The van der Waals surface area contributed by atoms with E-state index in [1.54, 1.807) is 43.5 Å². The van der Waals surface area contributed by atoms with Crippen LogP contribution in [0.3, 0.4) is 0 Å². The zero-order valence-corrected chi connectivity index (χ0v) is 22.2. The molecule has 1 aliphatic heterocycles. The Kier molecular flexibility index (Phi) is 8.12. The van der Waals surface area contributed by atoms with E-state index in [9.17, 15) is 4.79 Å². The van der Waals surface area contributed by atoms with Gasteiger partial charge >= 0.3 is 0 Å². The first-order valence-corrected chi connectivity index (χ1v) is 13.0. The molecule has 1 fully saturated rings. The number of anilines is 1. The molecule has 10 heteroatoms. The van der Waals surface area contributed by atoms with E-state index in [4.69, 9.17) is 37.2 Å². The number of piperidine rings is 1. The number of nitrogens with one attached hydrogen (secondary N) is 1. The Bertz CT molecular complexity index is 1400. The van der Waals surface area contributed by atoms with Crippen molar-refractivity contribution in [2.75, 3.05) is 25.5 Å². The molecule has 0 bridgehead atoms. The van der Waals surface area contributed by atoms with Crippen LogP contribution < -0.4 is 14.8 Å². The van der Waals surface area contributed by atoms with Gasteiger partial charge in [0.15, 0.2) is 17.2 Å². The van der Waals surface area contributed by atoms with Crippen LogP contribution in [-0.2, 0) is 11.3 Å². The van der Waals surface area contributed by atoms with Gasteiger partial charge in [-0.2, -0.15) is 4.98 Å². The van der Waals surface area contributed by atoms with E-state index in [1.807, 2.05) is 30.3 Å². The number of hydrogen-bond donors (Lipinski definition) is 1. The lowest BCUT2D eigenvalue weighted by Gasteiger charge is -2.30. The van der Waals surface area contributed by atoms with Gasteiger partial charge in [0.25, 0.3) is 0 Å². The van der Waals surface area contributed by atoms with Crippen molar-refractivity contribution >= 4 is 34.8 Å². The molecule has 0 spiro atoms. The van der Waals surface area contributed by atoms with Crippen molar-refractivity contribution in [1.82, 2.24) is 15.0 Å². The Morgan fingerprint density at radius 2 is 1.71 bits per heavy atom. The molecular weight excluding hydrogens is 527 g/mol. The second-order valence-corrected chi connectivity index (χ2v) is 9.82. The number of para-hydroxylation sites is 2. The number of carbonyl (C=O) groups is 1. The number of likely N-dealkylation sites (tertiary alicyclic amines) is 1. The van der Waals surface area contributed by atoms with Crippen molar-refractivity contribution in [2.45, 2.75) is 19.4 Å². The molecular formula is C28H26Cl2N4O4. The number of aromatic nitrogens is 2. The van der Waals surface area contributed by atoms with Gasteiger partial charge in [0, 0.05) is 21.5 Å². The Morgan fingerprint density at radius 1 is 1.00 bits per heavy atom. The normalized spacial score (nSPS) is 14.3. The number of nitrogens with zero attached hydrogens (tertiary/aromatic N) is 3. The zero-order chi connectivity index (χ0) is 26.5. The minimum Gasteiger partial charge on any atom is -0.493 e. The second-order valence-electron chi connectivity index (χ2n) is 8.95. The fraction of sp³-hybridized carbons (Fsp3) is 0.250. The van der Waals surface area contributed by atoms with E-state index in [1.165, 1.54) is 0 Å². The van der Waals surface area contributed by atoms with Crippen LogP contribution in [-0.4, -0.2) is 41.1 Å². The predicted octanol–water partition coefficient (Wildman–Crippen LogP) is 6.70. The summed E-state index contributed by atoms with van der Waals surface area (Å²) in [7, 11) is 1.58. The summed E-state index contributed by atoms with van der Waals surface area (Å²) in [6.07, 6.45) is 1.40. The molecule has 0 unspecified atom stereocenters. The van der Waals surface area contributed by atoms with Crippen LogP contribution in [0.25, 0.3) is 11.4 Å². The molecule has 0 radical (unpaired) electrons. The highest BCUT2D eigenvalue weighted by atomic mass is 35.5. The molecule has 0 aliphatic carbocycles. The van der Waals surface area contributed by atoms with Crippen molar-refractivity contribution < 1.29 is 18.8 Å². The molecule has 0 atom stereocenters. The maximum Gasteiger partial charge on any atom is 0.241 e. The number of benzene rings is 3. The van der Waals surface area contributed by atoms with Gasteiger partial charge in [0.1, 0.15) is 0 Å². The first-order valence-electron chi connectivity index (χ1n) is 12.2. The van der Waals surface area contributed by atoms with Crippen LogP contribution in [0.4, 0.5) is 5.69 Å². The van der Waals surface area contributed by atoms with Gasteiger partial charge in [-0.25, -0.2) is 0 Å². The predicted molar refractivity (Wildman–Crippen MR) is 146 cm³/mol. The molecule has 1 aliphatic rings. The summed E-state index contributed by atoms with van der Waals surface area (Å²) < 4.78 is 16.9. The van der Waals surface area contributed by atoms with E-state index >= 15 is 0 Å². The van der Waals surface area contributed by atoms with Crippen LogP contribution in [0, 0.1) is 5.92 Å². The standard InChI is InChI=1S/C28H26Cl2N4O4/c1-36-24-4-2-3-5-25(24)37-23-11-10-21(30)16-22(23)31-28(35)19-12-14-34(15-13-19)17-26-32-27(33-38-26)18-6-8-20(29)9-7-18/h2-11,16,19H,12-15,17H2,1H3,(H,31,35). The first-order chi connectivity index (χ1) is 18.5. The zero-order valence-electron chi connectivity index (χ0n) is 20.7. The summed E-state index contributed by atoms with van der Waals surface area (Å²) in [4.78, 5) is 19.9. The molecule has 196 valence electrons.